The largest absolute Gasteiger partial charge is 0.367 e. The van der Waals surface area contributed by atoms with Crippen molar-refractivity contribution in [3.05, 3.63) is 39.9 Å². The van der Waals surface area contributed by atoms with Gasteiger partial charge in [0.1, 0.15) is 9.88 Å². The van der Waals surface area contributed by atoms with Gasteiger partial charge in [-0.15, -0.1) is 11.3 Å². The molecule has 2 heterocycles. The molecule has 25 heavy (non-hydrogen) atoms. The summed E-state index contributed by atoms with van der Waals surface area (Å²) in [5, 5.41) is 0.832. The lowest BCUT2D eigenvalue weighted by Gasteiger charge is -2.31. The van der Waals surface area contributed by atoms with E-state index >= 15 is 0 Å². The Bertz CT molecular complexity index is 831. The van der Waals surface area contributed by atoms with Crippen molar-refractivity contribution in [1.82, 2.24) is 9.88 Å². The van der Waals surface area contributed by atoms with Crippen molar-refractivity contribution in [2.75, 3.05) is 19.7 Å². The lowest BCUT2D eigenvalue weighted by molar-refractivity contribution is -0.133. The molecule has 0 spiro atoms. The van der Waals surface area contributed by atoms with Gasteiger partial charge in [0.15, 0.2) is 6.10 Å². The molecule has 2 aromatic rings. The van der Waals surface area contributed by atoms with Crippen LogP contribution >= 0.6 is 11.3 Å². The van der Waals surface area contributed by atoms with Crippen LogP contribution in [0.4, 0.5) is 0 Å². The standard InChI is InChI=1S/C18H21N3O3S/c1-10-4-5-13(11(2)8-10)17-20-12(3)15(25-17)18(23)21-6-7-24-14(9-21)16(19)22/h4-5,8,14H,6-7,9H2,1-3H3,(H2,19,22). The van der Waals surface area contributed by atoms with Crippen LogP contribution in [0.15, 0.2) is 18.2 Å². The number of aromatic nitrogens is 1. The third kappa shape index (κ3) is 3.57. The van der Waals surface area contributed by atoms with Gasteiger partial charge >= 0.3 is 0 Å². The molecule has 1 aliphatic rings. The summed E-state index contributed by atoms with van der Waals surface area (Å²) >= 11 is 1.38. The number of hydrogen-bond donors (Lipinski definition) is 1. The molecule has 1 aliphatic heterocycles. The lowest BCUT2D eigenvalue weighted by Crippen LogP contribution is -2.50. The number of amides is 2. The normalized spacial score (nSPS) is 17.6. The highest BCUT2D eigenvalue weighted by atomic mass is 32.1. The van der Waals surface area contributed by atoms with Crippen LogP contribution in [-0.4, -0.2) is 47.5 Å². The number of aryl methyl sites for hydroxylation is 3. The summed E-state index contributed by atoms with van der Waals surface area (Å²) in [7, 11) is 0. The minimum atomic E-state index is -0.746. The van der Waals surface area contributed by atoms with Crippen LogP contribution in [0.2, 0.25) is 0 Å². The maximum Gasteiger partial charge on any atom is 0.266 e. The first-order chi connectivity index (χ1) is 11.9. The van der Waals surface area contributed by atoms with Gasteiger partial charge in [-0.2, -0.15) is 0 Å². The summed E-state index contributed by atoms with van der Waals surface area (Å²) in [6, 6.07) is 6.18. The van der Waals surface area contributed by atoms with Gasteiger partial charge in [-0.05, 0) is 26.3 Å². The molecule has 0 bridgehead atoms. The Labute approximate surface area is 150 Å². The second-order valence-corrected chi connectivity index (χ2v) is 7.26. The zero-order chi connectivity index (χ0) is 18.1. The fraction of sp³-hybridized carbons (Fsp3) is 0.389. The predicted molar refractivity (Wildman–Crippen MR) is 96.6 cm³/mol. The molecule has 6 nitrogen and oxygen atoms in total. The van der Waals surface area contributed by atoms with E-state index in [9.17, 15) is 9.59 Å². The van der Waals surface area contributed by atoms with E-state index in [0.717, 1.165) is 16.1 Å². The monoisotopic (exact) mass is 359 g/mol. The number of carbonyl (C=O) groups excluding carboxylic acids is 2. The van der Waals surface area contributed by atoms with Crippen molar-refractivity contribution < 1.29 is 14.3 Å². The number of benzene rings is 1. The number of primary amides is 1. The average Bonchev–Trinajstić information content (AvgIpc) is 2.95. The van der Waals surface area contributed by atoms with Gasteiger partial charge in [0.2, 0.25) is 5.91 Å². The van der Waals surface area contributed by atoms with Crippen LogP contribution in [0.3, 0.4) is 0 Å². The van der Waals surface area contributed by atoms with E-state index in [2.05, 4.69) is 11.1 Å². The van der Waals surface area contributed by atoms with E-state index in [1.54, 1.807) is 4.90 Å². The van der Waals surface area contributed by atoms with E-state index < -0.39 is 12.0 Å². The molecule has 7 heteroatoms. The summed E-state index contributed by atoms with van der Waals surface area (Å²) in [6.45, 7) is 6.86. The molecule has 1 unspecified atom stereocenters. The number of nitrogens with zero attached hydrogens (tertiary/aromatic N) is 2. The Balaban J connectivity index is 1.87. The molecule has 0 aliphatic carbocycles. The molecule has 3 rings (SSSR count). The number of rotatable bonds is 3. The first-order valence-electron chi connectivity index (χ1n) is 8.12. The fourth-order valence-electron chi connectivity index (χ4n) is 2.91. The fourth-order valence-corrected chi connectivity index (χ4v) is 4.04. The van der Waals surface area contributed by atoms with Gasteiger partial charge in [-0.1, -0.05) is 23.8 Å². The Morgan fingerprint density at radius 3 is 2.76 bits per heavy atom. The predicted octanol–water partition coefficient (Wildman–Crippen LogP) is 2.06. The molecule has 0 radical (unpaired) electrons. The van der Waals surface area contributed by atoms with Crippen molar-refractivity contribution in [2.24, 2.45) is 5.73 Å². The van der Waals surface area contributed by atoms with Gasteiger partial charge in [-0.3, -0.25) is 9.59 Å². The van der Waals surface area contributed by atoms with Crippen molar-refractivity contribution >= 4 is 23.2 Å². The van der Waals surface area contributed by atoms with Crippen molar-refractivity contribution in [2.45, 2.75) is 26.9 Å². The topological polar surface area (TPSA) is 85.5 Å². The highest BCUT2D eigenvalue weighted by molar-refractivity contribution is 7.17. The number of carbonyl (C=O) groups is 2. The highest BCUT2D eigenvalue weighted by Gasteiger charge is 2.30. The van der Waals surface area contributed by atoms with Crippen LogP contribution in [0.1, 0.15) is 26.5 Å². The van der Waals surface area contributed by atoms with Gasteiger partial charge in [0, 0.05) is 12.1 Å². The summed E-state index contributed by atoms with van der Waals surface area (Å²) in [4.78, 5) is 31.0. The summed E-state index contributed by atoms with van der Waals surface area (Å²) < 4.78 is 5.31. The molecule has 1 fully saturated rings. The van der Waals surface area contributed by atoms with Crippen molar-refractivity contribution in [1.29, 1.82) is 0 Å². The molecular weight excluding hydrogens is 338 g/mol. The first kappa shape index (κ1) is 17.6. The first-order valence-corrected chi connectivity index (χ1v) is 8.93. The molecule has 2 N–H and O–H groups in total. The Morgan fingerprint density at radius 1 is 1.32 bits per heavy atom. The molecule has 1 atom stereocenters. The van der Waals surface area contributed by atoms with E-state index in [4.69, 9.17) is 10.5 Å². The molecule has 1 aromatic heterocycles. The number of thiazole rings is 1. The van der Waals surface area contributed by atoms with Crippen LogP contribution in [-0.2, 0) is 9.53 Å². The summed E-state index contributed by atoms with van der Waals surface area (Å²) in [6.07, 6.45) is -0.746. The molecule has 132 valence electrons. The smallest absolute Gasteiger partial charge is 0.266 e. The zero-order valence-corrected chi connectivity index (χ0v) is 15.4. The van der Waals surface area contributed by atoms with Gasteiger partial charge < -0.3 is 15.4 Å². The van der Waals surface area contributed by atoms with E-state index in [-0.39, 0.29) is 12.5 Å². The van der Waals surface area contributed by atoms with Gasteiger partial charge in [-0.25, -0.2) is 4.98 Å². The third-order valence-corrected chi connectivity index (χ3v) is 5.45. The van der Waals surface area contributed by atoms with E-state index in [1.165, 1.54) is 16.9 Å². The van der Waals surface area contributed by atoms with Crippen LogP contribution in [0.25, 0.3) is 10.6 Å². The maximum absolute atomic E-state index is 12.9. The Hall–Kier alpha value is -2.25. The number of hydrogen-bond acceptors (Lipinski definition) is 5. The SMILES string of the molecule is Cc1ccc(-c2nc(C)c(C(=O)N3CCOC(C(N)=O)C3)s2)c(C)c1. The van der Waals surface area contributed by atoms with Crippen LogP contribution in [0, 0.1) is 20.8 Å². The quantitative estimate of drug-likeness (QED) is 0.909. The Kier molecular flexibility index (Phi) is 4.87. The second kappa shape index (κ2) is 6.93. The summed E-state index contributed by atoms with van der Waals surface area (Å²) in [5.74, 6) is -0.671. The lowest BCUT2D eigenvalue weighted by atomic mass is 10.1. The number of morpholine rings is 1. The molecule has 1 saturated heterocycles. The van der Waals surface area contributed by atoms with Crippen molar-refractivity contribution in [3.8, 4) is 10.6 Å². The van der Waals surface area contributed by atoms with Gasteiger partial charge in [0.05, 0.1) is 18.8 Å². The molecule has 2 amide bonds. The van der Waals surface area contributed by atoms with Gasteiger partial charge in [0.25, 0.3) is 5.91 Å². The highest BCUT2D eigenvalue weighted by Crippen LogP contribution is 2.31. The minimum absolute atomic E-state index is 0.124. The van der Waals surface area contributed by atoms with Crippen LogP contribution in [0.5, 0.6) is 0 Å². The number of nitrogens with two attached hydrogens (primary N) is 1. The second-order valence-electron chi connectivity index (χ2n) is 6.26. The maximum atomic E-state index is 12.9. The number of ether oxygens (including phenoxy) is 1. The molecule has 0 saturated carbocycles. The summed E-state index contributed by atoms with van der Waals surface area (Å²) in [5.41, 5.74) is 9.36. The Morgan fingerprint density at radius 2 is 2.08 bits per heavy atom. The van der Waals surface area contributed by atoms with E-state index in [1.807, 2.05) is 32.9 Å². The average molecular weight is 359 g/mol. The van der Waals surface area contributed by atoms with Crippen LogP contribution < -0.4 is 5.73 Å². The van der Waals surface area contributed by atoms with Crippen molar-refractivity contribution in [3.63, 3.8) is 0 Å². The zero-order valence-electron chi connectivity index (χ0n) is 14.5. The molecule has 1 aromatic carbocycles. The minimum Gasteiger partial charge on any atom is -0.367 e. The molecular formula is C18H21N3O3S. The third-order valence-electron chi connectivity index (χ3n) is 4.27. The van der Waals surface area contributed by atoms with E-state index in [0.29, 0.717) is 23.7 Å².